The monoisotopic (exact) mass is 450 g/mol. The standard InChI is InChI=1S/C25H30N4O4/c1-27-9-11-29(12-10-27)21-4-2-3-20-22(30)17-23(33-24(20)21)25(31)26-18-5-7-19(8-6-18)28-13-15-32-16-14-28/h2-8,23H,9-17H2,1H3,(H,26,31)/t23-/m1/s1. The van der Waals surface area contributed by atoms with Crippen molar-refractivity contribution in [1.29, 1.82) is 0 Å². The lowest BCUT2D eigenvalue weighted by molar-refractivity contribution is -0.122. The van der Waals surface area contributed by atoms with Crippen molar-refractivity contribution >= 4 is 28.8 Å². The molecule has 0 spiro atoms. The fourth-order valence-corrected chi connectivity index (χ4v) is 4.57. The van der Waals surface area contributed by atoms with Crippen molar-refractivity contribution < 1.29 is 19.1 Å². The number of amides is 1. The molecule has 0 aliphatic carbocycles. The maximum Gasteiger partial charge on any atom is 0.265 e. The minimum absolute atomic E-state index is 0.0386. The van der Waals surface area contributed by atoms with E-state index in [0.717, 1.165) is 63.9 Å². The maximum absolute atomic E-state index is 13.0. The number of fused-ring (bicyclic) bond motifs is 1. The Hall–Kier alpha value is -3.10. The van der Waals surface area contributed by atoms with Crippen molar-refractivity contribution in [2.75, 3.05) is 74.6 Å². The quantitative estimate of drug-likeness (QED) is 0.766. The predicted octanol–water partition coefficient (Wildman–Crippen LogP) is 2.25. The van der Waals surface area contributed by atoms with Crippen LogP contribution in [0.2, 0.25) is 0 Å². The molecule has 0 radical (unpaired) electrons. The van der Waals surface area contributed by atoms with Crippen LogP contribution < -0.4 is 19.9 Å². The van der Waals surface area contributed by atoms with Crippen LogP contribution in [0, 0.1) is 0 Å². The zero-order chi connectivity index (χ0) is 22.8. The predicted molar refractivity (Wildman–Crippen MR) is 128 cm³/mol. The maximum atomic E-state index is 13.0. The summed E-state index contributed by atoms with van der Waals surface area (Å²) < 4.78 is 11.6. The number of benzene rings is 2. The molecule has 8 heteroatoms. The van der Waals surface area contributed by atoms with E-state index in [1.165, 1.54) is 0 Å². The number of hydrogen-bond donors (Lipinski definition) is 1. The van der Waals surface area contributed by atoms with E-state index < -0.39 is 6.10 Å². The number of para-hydroxylation sites is 1. The van der Waals surface area contributed by atoms with Gasteiger partial charge in [0.25, 0.3) is 5.91 Å². The van der Waals surface area contributed by atoms with Crippen molar-refractivity contribution in [3.63, 3.8) is 0 Å². The van der Waals surface area contributed by atoms with Gasteiger partial charge in [0.05, 0.1) is 30.9 Å². The minimum Gasteiger partial charge on any atom is -0.477 e. The number of anilines is 3. The molecule has 0 unspecified atom stereocenters. The van der Waals surface area contributed by atoms with Crippen LogP contribution in [0.25, 0.3) is 0 Å². The molecular weight excluding hydrogens is 420 g/mol. The Labute approximate surface area is 194 Å². The third-order valence-corrected chi connectivity index (χ3v) is 6.57. The van der Waals surface area contributed by atoms with Gasteiger partial charge in [0, 0.05) is 50.6 Å². The summed E-state index contributed by atoms with van der Waals surface area (Å²) in [7, 11) is 2.10. The SMILES string of the molecule is CN1CCN(c2cccc3c2O[C@@H](C(=O)Nc2ccc(N4CCOCC4)cc2)CC3=O)CC1. The average molecular weight is 451 g/mol. The highest BCUT2D eigenvalue weighted by molar-refractivity contribution is 6.06. The second kappa shape index (κ2) is 9.41. The zero-order valence-corrected chi connectivity index (χ0v) is 19.0. The van der Waals surface area contributed by atoms with Gasteiger partial charge in [-0.15, -0.1) is 0 Å². The zero-order valence-electron chi connectivity index (χ0n) is 19.0. The molecule has 5 rings (SSSR count). The molecule has 0 saturated carbocycles. The number of hydrogen-bond acceptors (Lipinski definition) is 7. The van der Waals surface area contributed by atoms with E-state index in [0.29, 0.717) is 17.0 Å². The highest BCUT2D eigenvalue weighted by Crippen LogP contribution is 2.38. The van der Waals surface area contributed by atoms with Gasteiger partial charge >= 0.3 is 0 Å². The molecule has 8 nitrogen and oxygen atoms in total. The molecule has 2 aromatic rings. The Bertz CT molecular complexity index is 1010. The summed E-state index contributed by atoms with van der Waals surface area (Å²) in [5, 5.41) is 2.92. The first-order valence-electron chi connectivity index (χ1n) is 11.6. The van der Waals surface area contributed by atoms with Gasteiger partial charge in [0.2, 0.25) is 0 Å². The fourth-order valence-electron chi connectivity index (χ4n) is 4.57. The highest BCUT2D eigenvalue weighted by Gasteiger charge is 2.34. The topological polar surface area (TPSA) is 74.3 Å². The van der Waals surface area contributed by atoms with Gasteiger partial charge in [0.15, 0.2) is 17.6 Å². The van der Waals surface area contributed by atoms with Crippen LogP contribution in [-0.2, 0) is 9.53 Å². The molecule has 3 aliphatic heterocycles. The first-order valence-corrected chi connectivity index (χ1v) is 11.6. The third-order valence-electron chi connectivity index (χ3n) is 6.57. The number of rotatable bonds is 4. The van der Waals surface area contributed by atoms with Gasteiger partial charge in [-0.2, -0.15) is 0 Å². The van der Waals surface area contributed by atoms with Crippen LogP contribution in [0.5, 0.6) is 5.75 Å². The van der Waals surface area contributed by atoms with E-state index in [9.17, 15) is 9.59 Å². The highest BCUT2D eigenvalue weighted by atomic mass is 16.5. The van der Waals surface area contributed by atoms with E-state index in [2.05, 4.69) is 27.1 Å². The van der Waals surface area contributed by atoms with Gasteiger partial charge in [-0.05, 0) is 43.4 Å². The minimum atomic E-state index is -0.850. The molecule has 2 saturated heterocycles. The lowest BCUT2D eigenvalue weighted by atomic mass is 9.98. The number of carbonyl (C=O) groups excluding carboxylic acids is 2. The second-order valence-corrected chi connectivity index (χ2v) is 8.81. The first kappa shape index (κ1) is 21.7. The van der Waals surface area contributed by atoms with Crippen LogP contribution in [0.15, 0.2) is 42.5 Å². The smallest absolute Gasteiger partial charge is 0.265 e. The average Bonchev–Trinajstić information content (AvgIpc) is 2.85. The van der Waals surface area contributed by atoms with Crippen molar-refractivity contribution in [3.05, 3.63) is 48.0 Å². The van der Waals surface area contributed by atoms with Crippen LogP contribution >= 0.6 is 0 Å². The molecule has 0 bridgehead atoms. The summed E-state index contributed by atoms with van der Waals surface area (Å²) in [6.45, 7) is 6.78. The summed E-state index contributed by atoms with van der Waals surface area (Å²) >= 11 is 0. The van der Waals surface area contributed by atoms with Crippen LogP contribution in [0.3, 0.4) is 0 Å². The number of likely N-dealkylation sites (N-methyl/N-ethyl adjacent to an activating group) is 1. The Kier molecular flexibility index (Phi) is 6.20. The van der Waals surface area contributed by atoms with E-state index in [-0.39, 0.29) is 18.1 Å². The number of ether oxygens (including phenoxy) is 2. The van der Waals surface area contributed by atoms with Gasteiger partial charge < -0.3 is 29.5 Å². The summed E-state index contributed by atoms with van der Waals surface area (Å²) in [5.74, 6) is 0.164. The number of nitrogens with zero attached hydrogens (tertiary/aromatic N) is 3. The molecular formula is C25H30N4O4. The summed E-state index contributed by atoms with van der Waals surface area (Å²) in [6, 6.07) is 13.4. The molecule has 33 heavy (non-hydrogen) atoms. The van der Waals surface area contributed by atoms with Crippen molar-refractivity contribution in [2.24, 2.45) is 0 Å². The number of morpholine rings is 1. The number of carbonyl (C=O) groups is 2. The molecule has 0 aromatic heterocycles. The molecule has 3 aliphatic rings. The Morgan fingerprint density at radius 1 is 0.939 bits per heavy atom. The number of ketones is 1. The first-order chi connectivity index (χ1) is 16.1. The van der Waals surface area contributed by atoms with E-state index in [1.807, 2.05) is 36.4 Å². The van der Waals surface area contributed by atoms with Crippen molar-refractivity contribution in [3.8, 4) is 5.75 Å². The molecule has 2 aromatic carbocycles. The molecule has 3 heterocycles. The summed E-state index contributed by atoms with van der Waals surface area (Å²) in [6.07, 6.45) is -0.811. The molecule has 1 amide bonds. The van der Waals surface area contributed by atoms with Crippen LogP contribution in [-0.4, -0.2) is 82.2 Å². The fraction of sp³-hybridized carbons (Fsp3) is 0.440. The molecule has 1 atom stereocenters. The molecule has 1 N–H and O–H groups in total. The van der Waals surface area contributed by atoms with Gasteiger partial charge in [0.1, 0.15) is 0 Å². The Morgan fingerprint density at radius 3 is 2.39 bits per heavy atom. The number of Topliss-reactive ketones (excluding diaryl/α,β-unsaturated/α-hetero) is 1. The van der Waals surface area contributed by atoms with Gasteiger partial charge in [-0.1, -0.05) is 6.07 Å². The van der Waals surface area contributed by atoms with E-state index in [1.54, 1.807) is 6.07 Å². The van der Waals surface area contributed by atoms with Crippen molar-refractivity contribution in [1.82, 2.24) is 4.90 Å². The van der Waals surface area contributed by atoms with E-state index >= 15 is 0 Å². The lowest BCUT2D eigenvalue weighted by Crippen LogP contribution is -2.45. The normalized spacial score (nSPS) is 21.4. The second-order valence-electron chi connectivity index (χ2n) is 8.81. The summed E-state index contributed by atoms with van der Waals surface area (Å²) in [5.41, 5.74) is 3.24. The summed E-state index contributed by atoms with van der Waals surface area (Å²) in [4.78, 5) is 32.6. The lowest BCUT2D eigenvalue weighted by Gasteiger charge is -2.36. The van der Waals surface area contributed by atoms with Gasteiger partial charge in [-0.3, -0.25) is 9.59 Å². The van der Waals surface area contributed by atoms with Crippen molar-refractivity contribution in [2.45, 2.75) is 12.5 Å². The Morgan fingerprint density at radius 2 is 1.67 bits per heavy atom. The number of piperazine rings is 1. The molecule has 174 valence electrons. The Balaban J connectivity index is 1.28. The molecule has 2 fully saturated rings. The largest absolute Gasteiger partial charge is 0.477 e. The van der Waals surface area contributed by atoms with Crippen LogP contribution in [0.4, 0.5) is 17.1 Å². The number of nitrogens with one attached hydrogen (secondary N) is 1. The van der Waals surface area contributed by atoms with E-state index in [4.69, 9.17) is 9.47 Å². The van der Waals surface area contributed by atoms with Gasteiger partial charge in [-0.25, -0.2) is 0 Å². The third kappa shape index (κ3) is 4.67. The van der Waals surface area contributed by atoms with Crippen LogP contribution in [0.1, 0.15) is 16.8 Å².